The molecule has 36 heavy (non-hydrogen) atoms. The van der Waals surface area contributed by atoms with Gasteiger partial charge >= 0.3 is 13.2 Å². The van der Waals surface area contributed by atoms with Crippen molar-refractivity contribution in [3.05, 3.63) is 65.7 Å². The maximum atomic E-state index is 13.6. The standard InChI is InChI=1S/C28H34BNO6/c1-27(2)28(3,4)36-29(35-27)22-12-8-11-20(13-22)25(31)21-14-23-17-33-18-24(15-21)30(23)26(32)34-16-19-9-6-5-7-10-19/h5-13,21,23-24H,14-18H2,1-4H3. The predicted molar refractivity (Wildman–Crippen MR) is 136 cm³/mol. The largest absolute Gasteiger partial charge is 0.494 e. The Bertz CT molecular complexity index is 1090. The van der Waals surface area contributed by atoms with E-state index in [4.69, 9.17) is 18.8 Å². The third-order valence-corrected chi connectivity index (χ3v) is 8.00. The normalized spacial score (nSPS) is 26.5. The number of amides is 1. The van der Waals surface area contributed by atoms with E-state index >= 15 is 0 Å². The van der Waals surface area contributed by atoms with E-state index in [-0.39, 0.29) is 36.5 Å². The molecule has 0 N–H and O–H groups in total. The SMILES string of the molecule is CC1(C)OB(c2cccc(C(=O)C3CC4COCC(C3)N4C(=O)OCc3ccccc3)c2)OC1(C)C. The number of ether oxygens (including phenoxy) is 2. The maximum absolute atomic E-state index is 13.6. The topological polar surface area (TPSA) is 74.3 Å². The van der Waals surface area contributed by atoms with Crippen LogP contribution in [0.25, 0.3) is 0 Å². The zero-order valence-electron chi connectivity index (χ0n) is 21.4. The molecule has 2 aromatic carbocycles. The van der Waals surface area contributed by atoms with Gasteiger partial charge in [-0.25, -0.2) is 4.79 Å². The molecule has 7 nitrogen and oxygen atoms in total. The summed E-state index contributed by atoms with van der Waals surface area (Å²) in [5.41, 5.74) is 1.53. The van der Waals surface area contributed by atoms with Gasteiger partial charge in [0.05, 0.1) is 36.5 Å². The van der Waals surface area contributed by atoms with Gasteiger partial charge in [-0.05, 0) is 51.6 Å². The van der Waals surface area contributed by atoms with Gasteiger partial charge in [0.15, 0.2) is 5.78 Å². The fourth-order valence-corrected chi connectivity index (χ4v) is 5.27. The minimum Gasteiger partial charge on any atom is -0.445 e. The number of morpholine rings is 1. The minimum atomic E-state index is -0.517. The molecule has 5 rings (SSSR count). The molecule has 0 aliphatic carbocycles. The number of Topliss-reactive ketones (excluding diaryl/α,β-unsaturated/α-hetero) is 1. The lowest BCUT2D eigenvalue weighted by atomic mass is 9.76. The number of benzene rings is 2. The van der Waals surface area contributed by atoms with Gasteiger partial charge in [-0.1, -0.05) is 54.6 Å². The molecular formula is C28H34BNO6. The summed E-state index contributed by atoms with van der Waals surface area (Å²) in [6.07, 6.45) is 0.762. The number of rotatable bonds is 5. The van der Waals surface area contributed by atoms with Crippen LogP contribution in [0.3, 0.4) is 0 Å². The van der Waals surface area contributed by atoms with E-state index in [9.17, 15) is 9.59 Å². The van der Waals surface area contributed by atoms with Crippen LogP contribution in [0.4, 0.5) is 4.79 Å². The molecule has 2 aromatic rings. The number of hydrogen-bond acceptors (Lipinski definition) is 6. The lowest BCUT2D eigenvalue weighted by Gasteiger charge is -2.47. The van der Waals surface area contributed by atoms with Crippen LogP contribution in [0.1, 0.15) is 56.5 Å². The molecule has 1 amide bonds. The Morgan fingerprint density at radius 3 is 2.22 bits per heavy atom. The molecule has 190 valence electrons. The average molecular weight is 491 g/mol. The number of piperidine rings is 1. The highest BCUT2D eigenvalue weighted by atomic mass is 16.7. The third-order valence-electron chi connectivity index (χ3n) is 8.00. The van der Waals surface area contributed by atoms with Crippen molar-refractivity contribution in [1.29, 1.82) is 0 Å². The summed E-state index contributed by atoms with van der Waals surface area (Å²) >= 11 is 0. The van der Waals surface area contributed by atoms with Crippen molar-refractivity contribution < 1.29 is 28.4 Å². The van der Waals surface area contributed by atoms with Crippen LogP contribution in [-0.4, -0.2) is 60.4 Å². The van der Waals surface area contributed by atoms with Crippen LogP contribution in [0.2, 0.25) is 0 Å². The molecule has 2 atom stereocenters. The van der Waals surface area contributed by atoms with Gasteiger partial charge in [0.25, 0.3) is 0 Å². The van der Waals surface area contributed by atoms with Gasteiger partial charge in [0.2, 0.25) is 0 Å². The van der Waals surface area contributed by atoms with Crippen molar-refractivity contribution in [3.8, 4) is 0 Å². The van der Waals surface area contributed by atoms with Crippen molar-refractivity contribution in [1.82, 2.24) is 4.90 Å². The Balaban J connectivity index is 1.26. The van der Waals surface area contributed by atoms with Crippen LogP contribution in [-0.2, 0) is 25.4 Å². The Morgan fingerprint density at radius 2 is 1.58 bits per heavy atom. The van der Waals surface area contributed by atoms with Crippen molar-refractivity contribution in [2.45, 2.75) is 70.4 Å². The minimum absolute atomic E-state index is 0.0857. The van der Waals surface area contributed by atoms with Crippen LogP contribution in [0, 0.1) is 5.92 Å². The predicted octanol–water partition coefficient (Wildman–Crippen LogP) is 3.98. The van der Waals surface area contributed by atoms with Crippen LogP contribution in [0.5, 0.6) is 0 Å². The first-order valence-electron chi connectivity index (χ1n) is 12.7. The summed E-state index contributed by atoms with van der Waals surface area (Å²) in [6.45, 7) is 9.11. The molecule has 2 bridgehead atoms. The van der Waals surface area contributed by atoms with Gasteiger partial charge in [0, 0.05) is 11.5 Å². The summed E-state index contributed by atoms with van der Waals surface area (Å²) in [4.78, 5) is 28.3. The summed E-state index contributed by atoms with van der Waals surface area (Å²) in [6, 6.07) is 16.8. The van der Waals surface area contributed by atoms with E-state index in [2.05, 4.69) is 0 Å². The lowest BCUT2D eigenvalue weighted by Crippen LogP contribution is -2.59. The third kappa shape index (κ3) is 4.82. The highest BCUT2D eigenvalue weighted by Gasteiger charge is 2.52. The first-order chi connectivity index (χ1) is 17.1. The van der Waals surface area contributed by atoms with E-state index in [1.807, 2.05) is 82.3 Å². The van der Waals surface area contributed by atoms with E-state index in [0.29, 0.717) is 31.6 Å². The molecule has 8 heteroatoms. The first kappa shape index (κ1) is 25.0. The quantitative estimate of drug-likeness (QED) is 0.466. The van der Waals surface area contributed by atoms with E-state index in [1.54, 1.807) is 4.90 Å². The van der Waals surface area contributed by atoms with Gasteiger partial charge in [0.1, 0.15) is 6.61 Å². The second-order valence-electron chi connectivity index (χ2n) is 11.0. The van der Waals surface area contributed by atoms with Crippen LogP contribution >= 0.6 is 0 Å². The molecular weight excluding hydrogens is 457 g/mol. The molecule has 3 fully saturated rings. The molecule has 3 saturated heterocycles. The van der Waals surface area contributed by atoms with Crippen molar-refractivity contribution in [2.24, 2.45) is 5.92 Å². The Kier molecular flexibility index (Phi) is 6.70. The molecule has 3 aliphatic rings. The van der Waals surface area contributed by atoms with Crippen molar-refractivity contribution >= 4 is 24.5 Å². The highest BCUT2D eigenvalue weighted by Crippen LogP contribution is 2.37. The van der Waals surface area contributed by atoms with Gasteiger partial charge in [-0.2, -0.15) is 0 Å². The van der Waals surface area contributed by atoms with Crippen LogP contribution in [0.15, 0.2) is 54.6 Å². The molecule has 2 unspecified atom stereocenters. The average Bonchev–Trinajstić information content (AvgIpc) is 3.08. The number of carbonyl (C=O) groups excluding carboxylic acids is 2. The van der Waals surface area contributed by atoms with Crippen molar-refractivity contribution in [2.75, 3.05) is 13.2 Å². The summed E-state index contributed by atoms with van der Waals surface area (Å²) in [7, 11) is -0.517. The van der Waals surface area contributed by atoms with Gasteiger partial charge in [-0.3, -0.25) is 9.69 Å². The smallest absolute Gasteiger partial charge is 0.445 e. The first-order valence-corrected chi connectivity index (χ1v) is 12.7. The Morgan fingerprint density at radius 1 is 0.944 bits per heavy atom. The second kappa shape index (κ2) is 9.65. The molecule has 3 heterocycles. The number of carbonyl (C=O) groups is 2. The number of fused-ring (bicyclic) bond motifs is 2. The molecule has 0 aromatic heterocycles. The van der Waals surface area contributed by atoms with Crippen LogP contribution < -0.4 is 5.46 Å². The maximum Gasteiger partial charge on any atom is 0.494 e. The lowest BCUT2D eigenvalue weighted by molar-refractivity contribution is -0.0755. The molecule has 0 spiro atoms. The van der Waals surface area contributed by atoms with Gasteiger partial charge in [-0.15, -0.1) is 0 Å². The molecule has 3 aliphatic heterocycles. The number of nitrogens with zero attached hydrogens (tertiary/aromatic N) is 1. The number of ketones is 1. The van der Waals surface area contributed by atoms with Gasteiger partial charge < -0.3 is 18.8 Å². The zero-order chi connectivity index (χ0) is 25.5. The van der Waals surface area contributed by atoms with E-state index in [0.717, 1.165) is 11.0 Å². The Labute approximate surface area is 213 Å². The zero-order valence-corrected chi connectivity index (χ0v) is 21.4. The molecule has 0 saturated carbocycles. The molecule has 0 radical (unpaired) electrons. The van der Waals surface area contributed by atoms with E-state index in [1.165, 1.54) is 0 Å². The fourth-order valence-electron chi connectivity index (χ4n) is 5.27. The second-order valence-corrected chi connectivity index (χ2v) is 11.0. The summed E-state index contributed by atoms with van der Waals surface area (Å²) < 4.78 is 23.7. The van der Waals surface area contributed by atoms with Crippen molar-refractivity contribution in [3.63, 3.8) is 0 Å². The number of hydrogen-bond donors (Lipinski definition) is 0. The van der Waals surface area contributed by atoms with E-state index < -0.39 is 18.3 Å². The highest BCUT2D eigenvalue weighted by molar-refractivity contribution is 6.62. The summed E-state index contributed by atoms with van der Waals surface area (Å²) in [5, 5.41) is 0. The monoisotopic (exact) mass is 491 g/mol. The fraction of sp³-hybridized carbons (Fsp3) is 0.500. The Hall–Kier alpha value is -2.68. The summed E-state index contributed by atoms with van der Waals surface area (Å²) in [5.74, 6) is -0.0989.